The van der Waals surface area contributed by atoms with E-state index in [1.165, 1.54) is 0 Å². The smallest absolute Gasteiger partial charge is 0.215 e. The van der Waals surface area contributed by atoms with Crippen molar-refractivity contribution in [3.8, 4) is 5.88 Å². The highest BCUT2D eigenvalue weighted by atomic mass is 16.5. The van der Waals surface area contributed by atoms with Crippen molar-refractivity contribution in [2.45, 2.75) is 0 Å². The Morgan fingerprint density at radius 3 is 3.00 bits per heavy atom. The summed E-state index contributed by atoms with van der Waals surface area (Å²) in [7, 11) is 1.90. The third-order valence-electron chi connectivity index (χ3n) is 4.76. The molecule has 1 fully saturated rings. The number of fused-ring (bicyclic) bond motifs is 1. The van der Waals surface area contributed by atoms with Gasteiger partial charge in [0.05, 0.1) is 30.8 Å². The normalized spacial score (nSPS) is 14.6. The lowest BCUT2D eigenvalue weighted by Gasteiger charge is -2.29. The molecule has 3 heterocycles. The number of likely N-dealkylation sites (N-methyl/N-ethyl adjacent to an activating group) is 1. The lowest BCUT2D eigenvalue weighted by atomic mass is 10.2. The highest BCUT2D eigenvalue weighted by molar-refractivity contribution is 5.92. The molecule has 0 radical (unpaired) electrons. The maximum absolute atomic E-state index is 5.81. The summed E-state index contributed by atoms with van der Waals surface area (Å²) < 4.78 is 11.3. The molecule has 3 N–H and O–H groups in total. The van der Waals surface area contributed by atoms with Crippen LogP contribution in [0.5, 0.6) is 5.88 Å². The number of hydrogen-bond acceptors (Lipinski definition) is 7. The van der Waals surface area contributed by atoms with Crippen molar-refractivity contribution >= 4 is 28.5 Å². The Kier molecular flexibility index (Phi) is 6.23. The van der Waals surface area contributed by atoms with Crippen molar-refractivity contribution in [2.75, 3.05) is 56.8 Å². The zero-order chi connectivity index (χ0) is 19.9. The Balaban J connectivity index is 1.52. The van der Waals surface area contributed by atoms with Crippen LogP contribution in [0.3, 0.4) is 0 Å². The standard InChI is InChI=1S/C21H26N6O2/c1-22-6-9-29-21-13-17(27-7-10-28-11-8-27)12-16(25-21)14-24-26-20-15-23-19-5-3-2-4-18(19)20/h2-5,12-15,22-23,26H,6-11H2,1H3. The fourth-order valence-electron chi connectivity index (χ4n) is 3.25. The summed E-state index contributed by atoms with van der Waals surface area (Å²) in [6.45, 7) is 4.47. The summed E-state index contributed by atoms with van der Waals surface area (Å²) in [4.78, 5) is 10.1. The Labute approximate surface area is 169 Å². The van der Waals surface area contributed by atoms with Gasteiger partial charge in [0.1, 0.15) is 6.61 Å². The van der Waals surface area contributed by atoms with Crippen LogP contribution in [0.4, 0.5) is 11.4 Å². The minimum absolute atomic E-state index is 0.556. The van der Waals surface area contributed by atoms with Gasteiger partial charge in [0, 0.05) is 48.5 Å². The Bertz CT molecular complexity index is 965. The van der Waals surface area contributed by atoms with Crippen LogP contribution in [-0.4, -0.2) is 62.7 Å². The predicted octanol–water partition coefficient (Wildman–Crippen LogP) is 2.44. The van der Waals surface area contributed by atoms with Crippen LogP contribution in [0.1, 0.15) is 5.69 Å². The summed E-state index contributed by atoms with van der Waals surface area (Å²) in [5.41, 5.74) is 6.89. The van der Waals surface area contributed by atoms with Crippen molar-refractivity contribution in [1.82, 2.24) is 15.3 Å². The van der Waals surface area contributed by atoms with Crippen LogP contribution in [-0.2, 0) is 4.74 Å². The van der Waals surface area contributed by atoms with Gasteiger partial charge < -0.3 is 24.7 Å². The summed E-state index contributed by atoms with van der Waals surface area (Å²) in [6.07, 6.45) is 3.63. The van der Waals surface area contributed by atoms with Gasteiger partial charge in [0.25, 0.3) is 0 Å². The summed E-state index contributed by atoms with van der Waals surface area (Å²) in [5.74, 6) is 0.595. The first-order valence-electron chi connectivity index (χ1n) is 9.81. The van der Waals surface area contributed by atoms with Crippen molar-refractivity contribution in [2.24, 2.45) is 5.10 Å². The van der Waals surface area contributed by atoms with E-state index in [1.807, 2.05) is 43.6 Å². The van der Waals surface area contributed by atoms with Gasteiger partial charge in [-0.2, -0.15) is 5.10 Å². The van der Waals surface area contributed by atoms with Crippen molar-refractivity contribution in [3.63, 3.8) is 0 Å². The number of hydrogen-bond donors (Lipinski definition) is 3. The van der Waals surface area contributed by atoms with Gasteiger partial charge in [0.15, 0.2) is 0 Å². The van der Waals surface area contributed by atoms with E-state index in [0.717, 1.165) is 60.8 Å². The summed E-state index contributed by atoms with van der Waals surface area (Å²) >= 11 is 0. The number of H-pyrrole nitrogens is 1. The highest BCUT2D eigenvalue weighted by Gasteiger charge is 2.14. The first-order valence-corrected chi connectivity index (χ1v) is 9.81. The number of morpholine rings is 1. The zero-order valence-corrected chi connectivity index (χ0v) is 16.5. The molecule has 0 unspecified atom stereocenters. The largest absolute Gasteiger partial charge is 0.476 e. The number of aromatic nitrogens is 2. The van der Waals surface area contributed by atoms with E-state index in [4.69, 9.17) is 9.47 Å². The van der Waals surface area contributed by atoms with Crippen LogP contribution in [0.2, 0.25) is 0 Å². The van der Waals surface area contributed by atoms with Gasteiger partial charge in [-0.15, -0.1) is 0 Å². The number of aromatic amines is 1. The molecule has 8 nitrogen and oxygen atoms in total. The number of hydrazone groups is 1. The Morgan fingerprint density at radius 2 is 2.14 bits per heavy atom. The van der Waals surface area contributed by atoms with Gasteiger partial charge in [-0.05, 0) is 19.2 Å². The molecule has 0 amide bonds. The molecule has 4 rings (SSSR count). The van der Waals surface area contributed by atoms with Crippen LogP contribution in [0.25, 0.3) is 10.9 Å². The average Bonchev–Trinajstić information content (AvgIpc) is 3.18. The SMILES string of the molecule is CNCCOc1cc(N2CCOCC2)cc(C=NNc2c[nH]c3ccccc23)n1. The van der Waals surface area contributed by atoms with E-state index in [0.29, 0.717) is 12.5 Å². The van der Waals surface area contributed by atoms with Crippen LogP contribution < -0.4 is 20.4 Å². The van der Waals surface area contributed by atoms with E-state index in [9.17, 15) is 0 Å². The molecule has 0 saturated carbocycles. The molecular formula is C21H26N6O2. The van der Waals surface area contributed by atoms with E-state index < -0.39 is 0 Å². The van der Waals surface area contributed by atoms with E-state index >= 15 is 0 Å². The molecule has 2 aromatic heterocycles. The summed E-state index contributed by atoms with van der Waals surface area (Å²) in [6, 6.07) is 12.1. The molecule has 1 aromatic carbocycles. The molecule has 1 aliphatic rings. The van der Waals surface area contributed by atoms with E-state index in [1.54, 1.807) is 6.21 Å². The minimum Gasteiger partial charge on any atom is -0.476 e. The molecule has 1 aliphatic heterocycles. The molecule has 0 atom stereocenters. The zero-order valence-electron chi connectivity index (χ0n) is 16.5. The third kappa shape index (κ3) is 4.85. The molecule has 1 saturated heterocycles. The second kappa shape index (κ2) is 9.40. The number of benzene rings is 1. The molecule has 0 aliphatic carbocycles. The molecule has 29 heavy (non-hydrogen) atoms. The lowest BCUT2D eigenvalue weighted by Crippen LogP contribution is -2.36. The number of nitrogens with one attached hydrogen (secondary N) is 3. The topological polar surface area (TPSA) is 86.8 Å². The fraction of sp³-hybridized carbons (Fsp3) is 0.333. The molecule has 0 spiro atoms. The Hall–Kier alpha value is -3.10. The number of para-hydroxylation sites is 1. The van der Waals surface area contributed by atoms with Gasteiger partial charge in [0.2, 0.25) is 5.88 Å². The second-order valence-electron chi connectivity index (χ2n) is 6.76. The van der Waals surface area contributed by atoms with E-state index in [-0.39, 0.29) is 0 Å². The first kappa shape index (κ1) is 19.2. The second-order valence-corrected chi connectivity index (χ2v) is 6.76. The van der Waals surface area contributed by atoms with Crippen LogP contribution >= 0.6 is 0 Å². The molecule has 3 aromatic rings. The minimum atomic E-state index is 0.556. The molecule has 8 heteroatoms. The molecule has 0 bridgehead atoms. The van der Waals surface area contributed by atoms with Gasteiger partial charge in [-0.25, -0.2) is 4.98 Å². The van der Waals surface area contributed by atoms with E-state index in [2.05, 4.69) is 36.8 Å². The highest BCUT2D eigenvalue weighted by Crippen LogP contribution is 2.23. The van der Waals surface area contributed by atoms with Gasteiger partial charge >= 0.3 is 0 Å². The van der Waals surface area contributed by atoms with Crippen LogP contribution in [0, 0.1) is 0 Å². The quantitative estimate of drug-likeness (QED) is 0.309. The number of pyridine rings is 1. The molecule has 152 valence electrons. The lowest BCUT2D eigenvalue weighted by molar-refractivity contribution is 0.122. The average molecular weight is 394 g/mol. The number of anilines is 2. The Morgan fingerprint density at radius 1 is 1.28 bits per heavy atom. The number of ether oxygens (including phenoxy) is 2. The predicted molar refractivity (Wildman–Crippen MR) is 116 cm³/mol. The summed E-state index contributed by atoms with van der Waals surface area (Å²) in [5, 5.41) is 8.56. The maximum atomic E-state index is 5.81. The van der Waals surface area contributed by atoms with Crippen molar-refractivity contribution in [3.05, 3.63) is 48.3 Å². The van der Waals surface area contributed by atoms with Crippen molar-refractivity contribution in [1.29, 1.82) is 0 Å². The van der Waals surface area contributed by atoms with Gasteiger partial charge in [-0.3, -0.25) is 5.43 Å². The monoisotopic (exact) mass is 394 g/mol. The fourth-order valence-corrected chi connectivity index (χ4v) is 3.25. The number of nitrogens with zero attached hydrogens (tertiary/aromatic N) is 3. The third-order valence-corrected chi connectivity index (χ3v) is 4.76. The van der Waals surface area contributed by atoms with Gasteiger partial charge in [-0.1, -0.05) is 18.2 Å². The van der Waals surface area contributed by atoms with Crippen molar-refractivity contribution < 1.29 is 9.47 Å². The number of rotatable bonds is 8. The maximum Gasteiger partial charge on any atom is 0.215 e. The first-order chi connectivity index (χ1) is 14.3. The van der Waals surface area contributed by atoms with Crippen LogP contribution in [0.15, 0.2) is 47.7 Å². The molecular weight excluding hydrogens is 368 g/mol.